The van der Waals surface area contributed by atoms with E-state index >= 15 is 0 Å². The van der Waals surface area contributed by atoms with Gasteiger partial charge in [-0.1, -0.05) is 12.2 Å². The van der Waals surface area contributed by atoms with E-state index in [-0.39, 0.29) is 23.7 Å². The Kier molecular flexibility index (Phi) is 1.14. The van der Waals surface area contributed by atoms with Gasteiger partial charge in [0.15, 0.2) is 0 Å². The second kappa shape index (κ2) is 2.03. The average Bonchev–Trinajstić information content (AvgIpc) is 2.76. The monoisotopic (exact) mass is 177 g/mol. The van der Waals surface area contributed by atoms with Crippen LogP contribution in [0.1, 0.15) is 6.42 Å². The van der Waals surface area contributed by atoms with Gasteiger partial charge in [0.2, 0.25) is 11.8 Å². The standard InChI is InChI=1S/C10H11NO2/c1-11-9(12)7-5-2-3-6(4-5)8(7)10(11)13/h2-3,5-8H,4H2,1H3/t5-,6?,7+,8-/m0/s1. The summed E-state index contributed by atoms with van der Waals surface area (Å²) in [6.45, 7) is 0. The zero-order valence-electron chi connectivity index (χ0n) is 7.43. The lowest BCUT2D eigenvalue weighted by atomic mass is 9.85. The lowest BCUT2D eigenvalue weighted by Crippen LogP contribution is -2.28. The van der Waals surface area contributed by atoms with E-state index in [1.54, 1.807) is 7.05 Å². The van der Waals surface area contributed by atoms with Gasteiger partial charge < -0.3 is 0 Å². The first-order valence-corrected chi connectivity index (χ1v) is 4.70. The molecule has 3 rings (SSSR count). The van der Waals surface area contributed by atoms with E-state index in [2.05, 4.69) is 12.2 Å². The number of rotatable bonds is 0. The van der Waals surface area contributed by atoms with Crippen LogP contribution < -0.4 is 0 Å². The largest absolute Gasteiger partial charge is 0.285 e. The molecule has 0 aromatic heterocycles. The van der Waals surface area contributed by atoms with Crippen LogP contribution in [0.5, 0.6) is 0 Å². The van der Waals surface area contributed by atoms with Gasteiger partial charge in [0.05, 0.1) is 11.8 Å². The molecule has 68 valence electrons. The minimum absolute atomic E-state index is 0.0208. The number of carbonyl (C=O) groups excluding carboxylic acids is 2. The highest BCUT2D eigenvalue weighted by atomic mass is 16.2. The Morgan fingerprint density at radius 1 is 1.15 bits per heavy atom. The summed E-state index contributed by atoms with van der Waals surface area (Å²) in [5, 5.41) is 0. The summed E-state index contributed by atoms with van der Waals surface area (Å²) < 4.78 is 0. The Morgan fingerprint density at radius 2 is 1.62 bits per heavy atom. The van der Waals surface area contributed by atoms with Crippen LogP contribution in [0.25, 0.3) is 0 Å². The number of likely N-dealkylation sites (tertiary alicyclic amines) is 1. The van der Waals surface area contributed by atoms with Gasteiger partial charge in [0.25, 0.3) is 0 Å². The van der Waals surface area contributed by atoms with Gasteiger partial charge in [-0.15, -0.1) is 0 Å². The summed E-state index contributed by atoms with van der Waals surface area (Å²) in [6.07, 6.45) is 5.23. The second-order valence-corrected chi connectivity index (χ2v) is 4.24. The summed E-state index contributed by atoms with van der Waals surface area (Å²) >= 11 is 0. The van der Waals surface area contributed by atoms with Gasteiger partial charge in [-0.05, 0) is 18.3 Å². The van der Waals surface area contributed by atoms with Crippen molar-refractivity contribution in [2.75, 3.05) is 7.05 Å². The molecule has 0 spiro atoms. The molecule has 3 heteroatoms. The van der Waals surface area contributed by atoms with Crippen molar-refractivity contribution in [1.82, 2.24) is 4.90 Å². The van der Waals surface area contributed by atoms with E-state index in [1.807, 2.05) is 0 Å². The molecule has 0 radical (unpaired) electrons. The first-order valence-electron chi connectivity index (χ1n) is 4.70. The molecule has 1 unspecified atom stereocenters. The molecule has 4 atom stereocenters. The number of hydrogen-bond donors (Lipinski definition) is 0. The van der Waals surface area contributed by atoms with Crippen LogP contribution in [0.4, 0.5) is 0 Å². The van der Waals surface area contributed by atoms with Crippen LogP contribution in [0.15, 0.2) is 12.2 Å². The Hall–Kier alpha value is -1.12. The van der Waals surface area contributed by atoms with Crippen LogP contribution in [0.3, 0.4) is 0 Å². The molecule has 3 nitrogen and oxygen atoms in total. The van der Waals surface area contributed by atoms with Crippen LogP contribution in [-0.4, -0.2) is 23.8 Å². The number of amides is 2. The SMILES string of the molecule is CN1C(=O)[C@@H]2[C@H]3C=CC(C3)[C@@H]2C1=O. The molecular weight excluding hydrogens is 166 g/mol. The third kappa shape index (κ3) is 0.666. The first kappa shape index (κ1) is 7.30. The molecule has 1 saturated heterocycles. The molecule has 0 aromatic carbocycles. The predicted octanol–water partition coefficient (Wildman–Crippen LogP) is 0.423. The minimum Gasteiger partial charge on any atom is -0.285 e. The van der Waals surface area contributed by atoms with Crippen LogP contribution in [0.2, 0.25) is 0 Å². The van der Waals surface area contributed by atoms with Crippen molar-refractivity contribution >= 4 is 11.8 Å². The van der Waals surface area contributed by atoms with Crippen molar-refractivity contribution in [2.45, 2.75) is 6.42 Å². The molecular formula is C10H11NO2. The zero-order chi connectivity index (χ0) is 9.16. The Bertz CT molecular complexity index is 304. The van der Waals surface area contributed by atoms with Crippen LogP contribution >= 0.6 is 0 Å². The Morgan fingerprint density at radius 3 is 2.08 bits per heavy atom. The molecule has 2 aliphatic carbocycles. The van der Waals surface area contributed by atoms with E-state index in [4.69, 9.17) is 0 Å². The molecule has 0 aromatic rings. The van der Waals surface area contributed by atoms with Gasteiger partial charge in [0.1, 0.15) is 0 Å². The Labute approximate surface area is 76.4 Å². The maximum atomic E-state index is 11.7. The number of imide groups is 1. The highest BCUT2D eigenvalue weighted by Crippen LogP contribution is 2.52. The summed E-state index contributed by atoms with van der Waals surface area (Å²) in [6, 6.07) is 0. The Balaban J connectivity index is 2.08. The number of fused-ring (bicyclic) bond motifs is 5. The van der Waals surface area contributed by atoms with Crippen molar-refractivity contribution in [3.63, 3.8) is 0 Å². The van der Waals surface area contributed by atoms with Crippen molar-refractivity contribution in [3.05, 3.63) is 12.2 Å². The smallest absolute Gasteiger partial charge is 0.233 e. The van der Waals surface area contributed by atoms with E-state index in [9.17, 15) is 9.59 Å². The van der Waals surface area contributed by atoms with Gasteiger partial charge in [0, 0.05) is 7.05 Å². The summed E-state index contributed by atoms with van der Waals surface area (Å²) in [4.78, 5) is 24.6. The summed E-state index contributed by atoms with van der Waals surface area (Å²) in [7, 11) is 1.60. The maximum absolute atomic E-state index is 11.7. The molecule has 1 aliphatic heterocycles. The molecule has 0 N–H and O–H groups in total. The van der Waals surface area contributed by atoms with Crippen LogP contribution in [-0.2, 0) is 9.59 Å². The number of allylic oxidation sites excluding steroid dienone is 2. The fourth-order valence-electron chi connectivity index (χ4n) is 3.05. The van der Waals surface area contributed by atoms with Crippen molar-refractivity contribution < 1.29 is 9.59 Å². The summed E-state index contributed by atoms with van der Waals surface area (Å²) in [5.74, 6) is 0.714. The average molecular weight is 177 g/mol. The van der Waals surface area contributed by atoms with Crippen molar-refractivity contribution in [3.8, 4) is 0 Å². The number of nitrogens with zero attached hydrogens (tertiary/aromatic N) is 1. The van der Waals surface area contributed by atoms with Gasteiger partial charge in [-0.25, -0.2) is 0 Å². The molecule has 13 heavy (non-hydrogen) atoms. The normalized spacial score (nSPS) is 46.4. The van der Waals surface area contributed by atoms with Crippen LogP contribution in [0, 0.1) is 23.7 Å². The first-order chi connectivity index (χ1) is 6.20. The van der Waals surface area contributed by atoms with Crippen molar-refractivity contribution in [1.29, 1.82) is 0 Å². The van der Waals surface area contributed by atoms with Crippen molar-refractivity contribution in [2.24, 2.45) is 23.7 Å². The van der Waals surface area contributed by atoms with E-state index < -0.39 is 0 Å². The van der Waals surface area contributed by atoms with E-state index in [0.29, 0.717) is 11.8 Å². The fraction of sp³-hybridized carbons (Fsp3) is 0.600. The lowest BCUT2D eigenvalue weighted by Gasteiger charge is -2.14. The molecule has 1 saturated carbocycles. The lowest BCUT2D eigenvalue weighted by molar-refractivity contribution is -0.138. The highest BCUT2D eigenvalue weighted by molar-refractivity contribution is 6.06. The van der Waals surface area contributed by atoms with Gasteiger partial charge >= 0.3 is 0 Å². The second-order valence-electron chi connectivity index (χ2n) is 4.24. The van der Waals surface area contributed by atoms with E-state index in [0.717, 1.165) is 6.42 Å². The third-order valence-corrected chi connectivity index (χ3v) is 3.69. The molecule has 3 aliphatic rings. The quantitative estimate of drug-likeness (QED) is 0.397. The number of carbonyl (C=O) groups is 2. The van der Waals surface area contributed by atoms with Gasteiger partial charge in [-0.3, -0.25) is 14.5 Å². The fourth-order valence-corrected chi connectivity index (χ4v) is 3.05. The zero-order valence-corrected chi connectivity index (χ0v) is 7.43. The summed E-state index contributed by atoms with van der Waals surface area (Å²) in [5.41, 5.74) is 0. The topological polar surface area (TPSA) is 37.4 Å². The highest BCUT2D eigenvalue weighted by Gasteiger charge is 2.58. The van der Waals surface area contributed by atoms with Gasteiger partial charge in [-0.2, -0.15) is 0 Å². The maximum Gasteiger partial charge on any atom is 0.233 e. The third-order valence-electron chi connectivity index (χ3n) is 3.69. The molecule has 2 fully saturated rings. The number of hydrogen-bond acceptors (Lipinski definition) is 2. The minimum atomic E-state index is -0.0208. The molecule has 2 bridgehead atoms. The van der Waals surface area contributed by atoms with E-state index in [1.165, 1.54) is 4.90 Å². The predicted molar refractivity (Wildman–Crippen MR) is 45.5 cm³/mol. The molecule has 1 heterocycles. The molecule has 2 amide bonds.